The van der Waals surface area contributed by atoms with Crippen LogP contribution in [0.15, 0.2) is 16.6 Å². The average Bonchev–Trinajstić information content (AvgIpc) is 2.13. The van der Waals surface area contributed by atoms with Crippen LogP contribution in [0.25, 0.3) is 0 Å². The van der Waals surface area contributed by atoms with Gasteiger partial charge in [-0.1, -0.05) is 6.07 Å². The number of carboxylic acids is 1. The molecule has 0 radical (unpaired) electrons. The second-order valence-electron chi connectivity index (χ2n) is 3.01. The molecule has 0 amide bonds. The zero-order chi connectivity index (χ0) is 11.6. The highest BCUT2D eigenvalue weighted by molar-refractivity contribution is 9.10. The second kappa shape index (κ2) is 4.59. The fraction of sp³-hybridized carbons (Fsp3) is 0.222. The predicted molar refractivity (Wildman–Crippen MR) is 54.9 cm³/mol. The summed E-state index contributed by atoms with van der Waals surface area (Å²) in [6, 6.07) is 1.59. The highest BCUT2D eigenvalue weighted by atomic mass is 79.9. The molecule has 1 unspecified atom stereocenters. The lowest BCUT2D eigenvalue weighted by molar-refractivity contribution is -0.137. The van der Waals surface area contributed by atoms with Crippen LogP contribution in [0.2, 0.25) is 0 Å². The van der Waals surface area contributed by atoms with Gasteiger partial charge in [0.2, 0.25) is 0 Å². The quantitative estimate of drug-likeness (QED) is 0.786. The molecule has 1 atom stereocenters. The van der Waals surface area contributed by atoms with Crippen molar-refractivity contribution in [1.29, 1.82) is 0 Å². The Hall–Kier alpha value is -1.14. The van der Waals surface area contributed by atoms with Crippen LogP contribution in [0.5, 0.6) is 5.75 Å². The lowest BCUT2D eigenvalue weighted by atomic mass is 10.0. The summed E-state index contributed by atoms with van der Waals surface area (Å²) in [6.45, 7) is 0. The molecule has 0 spiro atoms. The van der Waals surface area contributed by atoms with Gasteiger partial charge in [0.15, 0.2) is 0 Å². The van der Waals surface area contributed by atoms with Crippen molar-refractivity contribution in [2.45, 2.75) is 12.5 Å². The van der Waals surface area contributed by atoms with Gasteiger partial charge in [-0.3, -0.25) is 4.79 Å². The van der Waals surface area contributed by atoms with Crippen LogP contribution in [-0.4, -0.2) is 16.2 Å². The number of hydrogen-bond donors (Lipinski definition) is 3. The van der Waals surface area contributed by atoms with Gasteiger partial charge in [0.25, 0.3) is 0 Å². The highest BCUT2D eigenvalue weighted by Gasteiger charge is 2.18. The summed E-state index contributed by atoms with van der Waals surface area (Å²) >= 11 is 2.84. The molecule has 1 aromatic rings. The molecule has 0 aliphatic heterocycles. The standard InChI is InChI=1S/C9H9BrFNO3/c10-8-6(13)2-1-4(9(8)11)5(12)3-7(14)15/h1-2,5,13H,3,12H2,(H,14,15). The van der Waals surface area contributed by atoms with E-state index in [0.717, 1.165) is 0 Å². The molecule has 0 fully saturated rings. The largest absolute Gasteiger partial charge is 0.507 e. The fourth-order valence-corrected chi connectivity index (χ4v) is 1.50. The van der Waals surface area contributed by atoms with Gasteiger partial charge in [-0.2, -0.15) is 0 Å². The fourth-order valence-electron chi connectivity index (χ4n) is 1.14. The number of nitrogens with two attached hydrogens (primary N) is 1. The number of rotatable bonds is 3. The van der Waals surface area contributed by atoms with E-state index in [-0.39, 0.29) is 22.2 Å². The minimum atomic E-state index is -1.11. The summed E-state index contributed by atoms with van der Waals surface area (Å²) in [5, 5.41) is 17.6. The summed E-state index contributed by atoms with van der Waals surface area (Å²) in [4.78, 5) is 10.4. The predicted octanol–water partition coefficient (Wildman–Crippen LogP) is 1.77. The number of aromatic hydroxyl groups is 1. The van der Waals surface area contributed by atoms with Gasteiger partial charge < -0.3 is 15.9 Å². The van der Waals surface area contributed by atoms with Crippen molar-refractivity contribution >= 4 is 21.9 Å². The van der Waals surface area contributed by atoms with E-state index >= 15 is 0 Å². The summed E-state index contributed by atoms with van der Waals surface area (Å²) in [5.41, 5.74) is 5.55. The van der Waals surface area contributed by atoms with Gasteiger partial charge in [0.05, 0.1) is 10.9 Å². The van der Waals surface area contributed by atoms with Crippen molar-refractivity contribution in [2.24, 2.45) is 5.73 Å². The van der Waals surface area contributed by atoms with Gasteiger partial charge in [-0.15, -0.1) is 0 Å². The Kier molecular flexibility index (Phi) is 3.65. The van der Waals surface area contributed by atoms with E-state index in [9.17, 15) is 9.18 Å². The van der Waals surface area contributed by atoms with Crippen molar-refractivity contribution in [3.63, 3.8) is 0 Å². The Morgan fingerprint density at radius 3 is 2.73 bits per heavy atom. The summed E-state index contributed by atoms with van der Waals surface area (Å²) < 4.78 is 13.4. The Balaban J connectivity index is 3.05. The van der Waals surface area contributed by atoms with Crippen LogP contribution in [0.3, 0.4) is 0 Å². The van der Waals surface area contributed by atoms with Gasteiger partial charge >= 0.3 is 5.97 Å². The van der Waals surface area contributed by atoms with Crippen molar-refractivity contribution in [2.75, 3.05) is 0 Å². The number of aliphatic carboxylic acids is 1. The molecule has 0 saturated heterocycles. The normalized spacial score (nSPS) is 12.5. The number of halogens is 2. The smallest absolute Gasteiger partial charge is 0.305 e. The Labute approximate surface area is 93.6 Å². The maximum atomic E-state index is 13.5. The van der Waals surface area contributed by atoms with Crippen LogP contribution < -0.4 is 5.73 Å². The lowest BCUT2D eigenvalue weighted by Gasteiger charge is -2.11. The van der Waals surface area contributed by atoms with E-state index in [1.807, 2.05) is 0 Å². The zero-order valence-corrected chi connectivity index (χ0v) is 9.16. The van der Waals surface area contributed by atoms with E-state index < -0.39 is 17.8 Å². The van der Waals surface area contributed by atoms with Gasteiger partial charge in [-0.25, -0.2) is 4.39 Å². The molecule has 1 aromatic carbocycles. The molecule has 82 valence electrons. The molecule has 0 aromatic heterocycles. The molecule has 0 aliphatic rings. The van der Waals surface area contributed by atoms with Gasteiger partial charge in [0.1, 0.15) is 11.6 Å². The Bertz CT molecular complexity index is 397. The van der Waals surface area contributed by atoms with E-state index in [2.05, 4.69) is 15.9 Å². The third-order valence-electron chi connectivity index (χ3n) is 1.89. The molecule has 4 N–H and O–H groups in total. The van der Waals surface area contributed by atoms with Crippen molar-refractivity contribution in [3.05, 3.63) is 28.0 Å². The van der Waals surface area contributed by atoms with E-state index in [4.69, 9.17) is 15.9 Å². The first-order valence-electron chi connectivity index (χ1n) is 4.07. The maximum absolute atomic E-state index is 13.5. The first-order valence-corrected chi connectivity index (χ1v) is 4.87. The highest BCUT2D eigenvalue weighted by Crippen LogP contribution is 2.31. The number of benzene rings is 1. The lowest BCUT2D eigenvalue weighted by Crippen LogP contribution is -2.16. The molecule has 1 rings (SSSR count). The van der Waals surface area contributed by atoms with Crippen LogP contribution in [-0.2, 0) is 4.79 Å². The average molecular weight is 278 g/mol. The third kappa shape index (κ3) is 2.66. The number of hydrogen-bond acceptors (Lipinski definition) is 3. The first kappa shape index (κ1) is 11.9. The monoisotopic (exact) mass is 277 g/mol. The molecule has 0 saturated carbocycles. The van der Waals surface area contributed by atoms with E-state index in [1.54, 1.807) is 0 Å². The summed E-state index contributed by atoms with van der Waals surface area (Å²) in [5.74, 6) is -2.09. The molecule has 4 nitrogen and oxygen atoms in total. The molecule has 0 bridgehead atoms. The molecule has 6 heteroatoms. The number of phenols is 1. The SMILES string of the molecule is NC(CC(=O)O)c1ccc(O)c(Br)c1F. The molecule has 0 aliphatic carbocycles. The summed E-state index contributed by atoms with van der Waals surface area (Å²) in [7, 11) is 0. The maximum Gasteiger partial charge on any atom is 0.305 e. The first-order chi connectivity index (χ1) is 6.93. The summed E-state index contributed by atoms with van der Waals surface area (Å²) in [6.07, 6.45) is -0.367. The van der Waals surface area contributed by atoms with Crippen molar-refractivity contribution < 1.29 is 19.4 Å². The molecule has 15 heavy (non-hydrogen) atoms. The second-order valence-corrected chi connectivity index (χ2v) is 3.80. The van der Waals surface area contributed by atoms with Crippen molar-refractivity contribution in [3.8, 4) is 5.75 Å². The van der Waals surface area contributed by atoms with E-state index in [0.29, 0.717) is 0 Å². The third-order valence-corrected chi connectivity index (χ3v) is 2.64. The van der Waals surface area contributed by atoms with Crippen LogP contribution in [0.1, 0.15) is 18.0 Å². The van der Waals surface area contributed by atoms with Gasteiger partial charge in [0, 0.05) is 11.6 Å². The minimum absolute atomic E-state index is 0.0575. The van der Waals surface area contributed by atoms with Crippen LogP contribution in [0, 0.1) is 5.82 Å². The van der Waals surface area contributed by atoms with Gasteiger partial charge in [-0.05, 0) is 22.0 Å². The van der Waals surface area contributed by atoms with Crippen LogP contribution in [0.4, 0.5) is 4.39 Å². The molecule has 0 heterocycles. The number of carbonyl (C=O) groups is 1. The topological polar surface area (TPSA) is 83.6 Å². The minimum Gasteiger partial charge on any atom is -0.507 e. The molecular formula is C9H9BrFNO3. The number of phenolic OH excluding ortho intramolecular Hbond substituents is 1. The van der Waals surface area contributed by atoms with E-state index in [1.165, 1.54) is 12.1 Å². The number of carboxylic acid groups (broad SMARTS) is 1. The zero-order valence-electron chi connectivity index (χ0n) is 7.58. The molecular weight excluding hydrogens is 269 g/mol. The van der Waals surface area contributed by atoms with Crippen LogP contribution >= 0.6 is 15.9 Å². The Morgan fingerprint density at radius 2 is 2.20 bits per heavy atom. The Morgan fingerprint density at radius 1 is 1.60 bits per heavy atom. The van der Waals surface area contributed by atoms with Crippen molar-refractivity contribution in [1.82, 2.24) is 0 Å².